The molecule has 0 radical (unpaired) electrons. The maximum absolute atomic E-state index is 12.2. The second-order valence-electron chi connectivity index (χ2n) is 4.75. The number of aromatic amines is 1. The first-order chi connectivity index (χ1) is 10.7. The van der Waals surface area contributed by atoms with Crippen molar-refractivity contribution in [2.45, 2.75) is 13.5 Å². The molecule has 0 atom stereocenters. The molecule has 0 amide bonds. The normalized spacial score (nSPS) is 11.3. The van der Waals surface area contributed by atoms with Gasteiger partial charge in [-0.1, -0.05) is 0 Å². The van der Waals surface area contributed by atoms with Gasteiger partial charge in [-0.3, -0.25) is 14.6 Å². The van der Waals surface area contributed by atoms with Gasteiger partial charge in [0.15, 0.2) is 11.6 Å². The van der Waals surface area contributed by atoms with E-state index in [0.717, 1.165) is 12.1 Å². The van der Waals surface area contributed by atoms with Crippen molar-refractivity contribution in [2.24, 2.45) is 0 Å². The summed E-state index contributed by atoms with van der Waals surface area (Å²) in [4.78, 5) is 20.9. The summed E-state index contributed by atoms with van der Waals surface area (Å²) in [6.45, 7) is 2.75. The molecule has 0 aromatic carbocycles. The van der Waals surface area contributed by atoms with Crippen LogP contribution in [-0.2, 0) is 6.54 Å². The Balaban J connectivity index is 1.87. The Hall–Kier alpha value is -3.16. The Labute approximate surface area is 124 Å². The molecule has 22 heavy (non-hydrogen) atoms. The molecular formula is C14H12N6O2. The van der Waals surface area contributed by atoms with Gasteiger partial charge >= 0.3 is 0 Å². The third kappa shape index (κ3) is 1.93. The second-order valence-corrected chi connectivity index (χ2v) is 4.75. The van der Waals surface area contributed by atoms with E-state index in [-0.39, 0.29) is 11.3 Å². The van der Waals surface area contributed by atoms with Gasteiger partial charge in [-0.2, -0.15) is 14.6 Å². The fourth-order valence-electron chi connectivity index (χ4n) is 2.22. The molecule has 0 unspecified atom stereocenters. The number of nitrogens with zero attached hydrogens (tertiary/aromatic N) is 5. The first kappa shape index (κ1) is 12.6. The molecule has 0 spiro atoms. The van der Waals surface area contributed by atoms with Crippen LogP contribution in [0.1, 0.15) is 6.92 Å². The fourth-order valence-corrected chi connectivity index (χ4v) is 2.22. The summed E-state index contributed by atoms with van der Waals surface area (Å²) in [5, 5.41) is 7.07. The zero-order chi connectivity index (χ0) is 15.1. The molecule has 4 aromatic rings. The number of furan rings is 1. The maximum Gasteiger partial charge on any atom is 0.274 e. The van der Waals surface area contributed by atoms with E-state index in [4.69, 9.17) is 4.42 Å². The van der Waals surface area contributed by atoms with E-state index in [0.29, 0.717) is 17.3 Å². The Kier molecular flexibility index (Phi) is 2.68. The van der Waals surface area contributed by atoms with E-state index < -0.39 is 0 Å². The van der Waals surface area contributed by atoms with Gasteiger partial charge in [-0.05, 0) is 19.1 Å². The molecule has 0 aliphatic heterocycles. The minimum absolute atomic E-state index is 0.241. The molecule has 110 valence electrons. The standard InChI is InChI=1S/C14H12N6O2/c1-2-19-8-9(7-15-19)10-6-12(21)20-14(16-10)17-13(18-20)11-4-3-5-22-11/h3-8H,2H2,1H3,(H,16,17,18). The topological polar surface area (TPSA) is 94.0 Å². The van der Waals surface area contributed by atoms with Crippen LogP contribution in [0.2, 0.25) is 0 Å². The van der Waals surface area contributed by atoms with Crippen LogP contribution in [0.15, 0.2) is 46.1 Å². The number of aromatic nitrogens is 6. The van der Waals surface area contributed by atoms with Gasteiger partial charge < -0.3 is 4.42 Å². The highest BCUT2D eigenvalue weighted by atomic mass is 16.3. The van der Waals surface area contributed by atoms with E-state index in [1.807, 2.05) is 13.1 Å². The van der Waals surface area contributed by atoms with E-state index in [9.17, 15) is 4.79 Å². The number of hydrogen-bond donors (Lipinski definition) is 1. The predicted molar refractivity (Wildman–Crippen MR) is 78.2 cm³/mol. The minimum atomic E-state index is -0.241. The smallest absolute Gasteiger partial charge is 0.274 e. The highest BCUT2D eigenvalue weighted by Crippen LogP contribution is 2.18. The summed E-state index contributed by atoms with van der Waals surface area (Å²) < 4.78 is 8.33. The third-order valence-corrected chi connectivity index (χ3v) is 3.34. The van der Waals surface area contributed by atoms with Gasteiger partial charge in [-0.25, -0.2) is 4.98 Å². The van der Waals surface area contributed by atoms with Gasteiger partial charge in [0.2, 0.25) is 0 Å². The number of H-pyrrole nitrogens is 1. The summed E-state index contributed by atoms with van der Waals surface area (Å²) in [6, 6.07) is 4.96. The van der Waals surface area contributed by atoms with E-state index in [1.54, 1.807) is 29.3 Å². The monoisotopic (exact) mass is 296 g/mol. The van der Waals surface area contributed by atoms with Crippen LogP contribution < -0.4 is 5.56 Å². The lowest BCUT2D eigenvalue weighted by molar-refractivity contribution is 0.577. The van der Waals surface area contributed by atoms with Crippen LogP contribution in [-0.4, -0.2) is 29.4 Å². The number of aryl methyl sites for hydroxylation is 1. The van der Waals surface area contributed by atoms with Crippen LogP contribution in [0.25, 0.3) is 28.6 Å². The number of rotatable bonds is 3. The van der Waals surface area contributed by atoms with Crippen LogP contribution in [0.5, 0.6) is 0 Å². The molecule has 4 rings (SSSR count). The van der Waals surface area contributed by atoms with E-state index in [2.05, 4.69) is 20.2 Å². The molecule has 0 fully saturated rings. The van der Waals surface area contributed by atoms with Gasteiger partial charge in [0.05, 0.1) is 18.2 Å². The summed E-state index contributed by atoms with van der Waals surface area (Å²) in [7, 11) is 0. The lowest BCUT2D eigenvalue weighted by Crippen LogP contribution is -2.14. The van der Waals surface area contributed by atoms with Gasteiger partial charge in [-0.15, -0.1) is 0 Å². The molecule has 4 heterocycles. The second kappa shape index (κ2) is 4.69. The van der Waals surface area contributed by atoms with Crippen LogP contribution >= 0.6 is 0 Å². The summed E-state index contributed by atoms with van der Waals surface area (Å²) in [5.74, 6) is 1.29. The number of nitrogens with one attached hydrogen (secondary N) is 1. The first-order valence-electron chi connectivity index (χ1n) is 6.81. The molecule has 1 N–H and O–H groups in total. The molecule has 8 nitrogen and oxygen atoms in total. The summed E-state index contributed by atoms with van der Waals surface area (Å²) in [6.07, 6.45) is 5.07. The Morgan fingerprint density at radius 2 is 2.27 bits per heavy atom. The predicted octanol–water partition coefficient (Wildman–Crippen LogP) is 1.56. The molecule has 4 aromatic heterocycles. The zero-order valence-electron chi connectivity index (χ0n) is 11.7. The highest BCUT2D eigenvalue weighted by molar-refractivity contribution is 5.59. The van der Waals surface area contributed by atoms with Crippen LogP contribution in [0.3, 0.4) is 0 Å². The third-order valence-electron chi connectivity index (χ3n) is 3.34. The van der Waals surface area contributed by atoms with Crippen molar-refractivity contribution in [1.82, 2.24) is 29.4 Å². The lowest BCUT2D eigenvalue weighted by Gasteiger charge is -1.96. The number of hydrogen-bond acceptors (Lipinski definition) is 5. The van der Waals surface area contributed by atoms with Crippen molar-refractivity contribution < 1.29 is 4.42 Å². The summed E-state index contributed by atoms with van der Waals surface area (Å²) in [5.41, 5.74) is 1.08. The Bertz CT molecular complexity index is 992. The van der Waals surface area contributed by atoms with E-state index >= 15 is 0 Å². The minimum Gasteiger partial charge on any atom is -0.461 e. The van der Waals surface area contributed by atoms with Crippen molar-refractivity contribution in [3.8, 4) is 22.8 Å². The van der Waals surface area contributed by atoms with Crippen molar-refractivity contribution in [1.29, 1.82) is 0 Å². The van der Waals surface area contributed by atoms with Crippen molar-refractivity contribution in [3.05, 3.63) is 47.2 Å². The average molecular weight is 296 g/mol. The lowest BCUT2D eigenvalue weighted by atomic mass is 10.2. The van der Waals surface area contributed by atoms with Gasteiger partial charge in [0.25, 0.3) is 11.3 Å². The van der Waals surface area contributed by atoms with Crippen LogP contribution in [0.4, 0.5) is 0 Å². The first-order valence-corrected chi connectivity index (χ1v) is 6.81. The average Bonchev–Trinajstić information content (AvgIpc) is 3.25. The Morgan fingerprint density at radius 1 is 1.36 bits per heavy atom. The van der Waals surface area contributed by atoms with Gasteiger partial charge in [0, 0.05) is 24.4 Å². The Morgan fingerprint density at radius 3 is 3.00 bits per heavy atom. The molecule has 8 heteroatoms. The summed E-state index contributed by atoms with van der Waals surface area (Å²) >= 11 is 0. The fraction of sp³-hybridized carbons (Fsp3) is 0.143. The van der Waals surface area contributed by atoms with Crippen molar-refractivity contribution in [2.75, 3.05) is 0 Å². The van der Waals surface area contributed by atoms with Crippen molar-refractivity contribution in [3.63, 3.8) is 0 Å². The van der Waals surface area contributed by atoms with Crippen LogP contribution in [0, 0.1) is 0 Å². The van der Waals surface area contributed by atoms with Crippen molar-refractivity contribution >= 4 is 5.78 Å². The maximum atomic E-state index is 12.2. The molecule has 0 aliphatic rings. The molecular weight excluding hydrogens is 284 g/mol. The van der Waals surface area contributed by atoms with Gasteiger partial charge in [0.1, 0.15) is 0 Å². The molecule has 0 aliphatic carbocycles. The zero-order valence-corrected chi connectivity index (χ0v) is 11.7. The largest absolute Gasteiger partial charge is 0.461 e. The quantitative estimate of drug-likeness (QED) is 0.619. The highest BCUT2D eigenvalue weighted by Gasteiger charge is 2.12. The molecule has 0 saturated carbocycles. The molecule has 0 saturated heterocycles. The van der Waals surface area contributed by atoms with E-state index in [1.165, 1.54) is 10.6 Å². The number of fused-ring (bicyclic) bond motifs is 1. The SMILES string of the molecule is CCn1cc(-c2cc(=O)n3[nH]c(-c4ccco4)nc3n2)cn1. The molecule has 0 bridgehead atoms.